The molecule has 2 aliphatic carbocycles. The van der Waals surface area contributed by atoms with Crippen LogP contribution in [0.3, 0.4) is 0 Å². The molecule has 3 heteroatoms. The quantitative estimate of drug-likeness (QED) is 0.246. The first kappa shape index (κ1) is 26.3. The van der Waals surface area contributed by atoms with Crippen molar-refractivity contribution >= 4 is 0 Å². The van der Waals surface area contributed by atoms with Crippen molar-refractivity contribution in [3.05, 3.63) is 41.0 Å². The predicted molar refractivity (Wildman–Crippen MR) is 140 cm³/mol. The van der Waals surface area contributed by atoms with Gasteiger partial charge in [0.05, 0.1) is 5.56 Å². The number of rotatable bonds is 11. The molecule has 0 heterocycles. The molecule has 1 aromatic carbocycles. The first-order valence-corrected chi connectivity index (χ1v) is 14.0. The largest absolute Gasteiger partial charge is 0.488 e. The smallest absolute Gasteiger partial charge is 0.138 e. The number of allylic oxidation sites excluding steroid dienone is 1. The number of nitrogens with zero attached hydrogens (tertiary/aromatic N) is 2. The summed E-state index contributed by atoms with van der Waals surface area (Å²) in [6.07, 6.45) is 22.6. The van der Waals surface area contributed by atoms with E-state index in [0.29, 0.717) is 29.4 Å². The minimum atomic E-state index is 0.388. The second-order valence-corrected chi connectivity index (χ2v) is 10.6. The summed E-state index contributed by atoms with van der Waals surface area (Å²) in [5, 5.41) is 19.3. The van der Waals surface area contributed by atoms with Gasteiger partial charge in [-0.15, -0.1) is 0 Å². The topological polar surface area (TPSA) is 56.8 Å². The monoisotopic (exact) mass is 460 g/mol. The molecule has 0 radical (unpaired) electrons. The van der Waals surface area contributed by atoms with Gasteiger partial charge in [0.1, 0.15) is 30.1 Å². The van der Waals surface area contributed by atoms with Crippen LogP contribution < -0.4 is 4.74 Å². The molecule has 2 aliphatic rings. The zero-order valence-electron chi connectivity index (χ0n) is 21.5. The Morgan fingerprint density at radius 1 is 0.853 bits per heavy atom. The minimum Gasteiger partial charge on any atom is -0.488 e. The average molecular weight is 461 g/mol. The van der Waals surface area contributed by atoms with Gasteiger partial charge in [-0.05, 0) is 86.7 Å². The molecule has 0 aromatic heterocycles. The van der Waals surface area contributed by atoms with Gasteiger partial charge in [0, 0.05) is 0 Å². The zero-order chi connectivity index (χ0) is 24.2. The lowest BCUT2D eigenvalue weighted by molar-refractivity contribution is 0.152. The SMILES string of the molecule is CCCCCc1ccc(OC/C=C/C2CCC([C@H]3CC[C@H](CCC)CC3)CC2)c(C#N)c1C#N. The van der Waals surface area contributed by atoms with E-state index in [0.717, 1.165) is 49.0 Å². The molecule has 0 saturated heterocycles. The first-order valence-electron chi connectivity index (χ1n) is 14.0. The molecule has 2 fully saturated rings. The number of benzene rings is 1. The van der Waals surface area contributed by atoms with E-state index in [2.05, 4.69) is 38.1 Å². The van der Waals surface area contributed by atoms with E-state index in [1.54, 1.807) is 0 Å². The number of unbranched alkanes of at least 4 members (excludes halogenated alkanes) is 2. The molecular weight excluding hydrogens is 416 g/mol. The van der Waals surface area contributed by atoms with Crippen molar-refractivity contribution in [2.75, 3.05) is 6.61 Å². The third-order valence-electron chi connectivity index (χ3n) is 8.34. The van der Waals surface area contributed by atoms with Crippen LogP contribution in [0.4, 0.5) is 0 Å². The van der Waals surface area contributed by atoms with E-state index in [1.165, 1.54) is 64.2 Å². The van der Waals surface area contributed by atoms with Crippen LogP contribution in [0, 0.1) is 46.3 Å². The van der Waals surface area contributed by atoms with Gasteiger partial charge in [-0.3, -0.25) is 0 Å². The van der Waals surface area contributed by atoms with Crippen molar-refractivity contribution in [2.24, 2.45) is 23.7 Å². The highest BCUT2D eigenvalue weighted by Crippen LogP contribution is 2.42. The van der Waals surface area contributed by atoms with Gasteiger partial charge in [0.15, 0.2) is 0 Å². The number of nitriles is 2. The third-order valence-corrected chi connectivity index (χ3v) is 8.34. The lowest BCUT2D eigenvalue weighted by atomic mass is 9.69. The molecule has 0 N–H and O–H groups in total. The molecule has 0 aliphatic heterocycles. The molecule has 0 spiro atoms. The molecule has 0 atom stereocenters. The summed E-state index contributed by atoms with van der Waals surface area (Å²) in [4.78, 5) is 0. The van der Waals surface area contributed by atoms with E-state index in [4.69, 9.17) is 4.74 Å². The molecule has 0 bridgehead atoms. The lowest BCUT2D eigenvalue weighted by Gasteiger charge is -2.37. The van der Waals surface area contributed by atoms with Crippen LogP contribution in [0.1, 0.15) is 114 Å². The van der Waals surface area contributed by atoms with Gasteiger partial charge in [-0.2, -0.15) is 10.5 Å². The Balaban J connectivity index is 1.44. The van der Waals surface area contributed by atoms with Crippen LogP contribution in [0.15, 0.2) is 24.3 Å². The second kappa shape index (κ2) is 14.2. The standard InChI is InChI=1S/C31H44N2O/c1-3-5-6-10-28-19-20-31(30(23-33)29(28)22-32)34-21-7-9-25-13-17-27(18-14-25)26-15-11-24(8-4-2)12-16-26/h7,9,19-20,24-27H,3-6,8,10-18,21H2,1-2H3/b9-7+/t24-,25?,26-,27?. The van der Waals surface area contributed by atoms with E-state index >= 15 is 0 Å². The van der Waals surface area contributed by atoms with Crippen LogP contribution in [0.2, 0.25) is 0 Å². The molecule has 3 rings (SSSR count). The van der Waals surface area contributed by atoms with Crippen LogP contribution in [-0.2, 0) is 6.42 Å². The molecular formula is C31H44N2O. The van der Waals surface area contributed by atoms with Gasteiger partial charge in [0.2, 0.25) is 0 Å². The first-order chi connectivity index (χ1) is 16.7. The molecule has 2 saturated carbocycles. The fraction of sp³-hybridized carbons (Fsp3) is 0.677. The Labute approximate surface area is 208 Å². The van der Waals surface area contributed by atoms with Crippen molar-refractivity contribution in [1.82, 2.24) is 0 Å². The van der Waals surface area contributed by atoms with Gasteiger partial charge < -0.3 is 4.74 Å². The minimum absolute atomic E-state index is 0.388. The molecule has 1 aromatic rings. The normalized spacial score (nSPS) is 25.1. The van der Waals surface area contributed by atoms with Crippen LogP contribution in [-0.4, -0.2) is 6.61 Å². The molecule has 184 valence electrons. The van der Waals surface area contributed by atoms with Crippen LogP contribution >= 0.6 is 0 Å². The molecule has 0 unspecified atom stereocenters. The molecule has 3 nitrogen and oxygen atoms in total. The maximum Gasteiger partial charge on any atom is 0.138 e. The summed E-state index contributed by atoms with van der Waals surface area (Å²) in [5.41, 5.74) is 1.84. The fourth-order valence-corrected chi connectivity index (χ4v) is 6.31. The lowest BCUT2D eigenvalue weighted by Crippen LogP contribution is -2.25. The highest BCUT2D eigenvalue weighted by Gasteiger charge is 2.30. The van der Waals surface area contributed by atoms with Gasteiger partial charge in [-0.25, -0.2) is 0 Å². The fourth-order valence-electron chi connectivity index (χ4n) is 6.31. The van der Waals surface area contributed by atoms with Crippen molar-refractivity contribution in [3.8, 4) is 17.9 Å². The summed E-state index contributed by atoms with van der Waals surface area (Å²) in [7, 11) is 0. The van der Waals surface area contributed by atoms with E-state index < -0.39 is 0 Å². The van der Waals surface area contributed by atoms with Crippen LogP contribution in [0.25, 0.3) is 0 Å². The van der Waals surface area contributed by atoms with Crippen molar-refractivity contribution in [1.29, 1.82) is 10.5 Å². The van der Waals surface area contributed by atoms with Crippen LogP contribution in [0.5, 0.6) is 5.75 Å². The third kappa shape index (κ3) is 7.37. The van der Waals surface area contributed by atoms with Crippen molar-refractivity contribution in [2.45, 2.75) is 104 Å². The van der Waals surface area contributed by atoms with Gasteiger partial charge >= 0.3 is 0 Å². The Kier molecular flexibility index (Phi) is 11.0. The highest BCUT2D eigenvalue weighted by atomic mass is 16.5. The van der Waals surface area contributed by atoms with E-state index in [9.17, 15) is 10.5 Å². The number of hydrogen-bond acceptors (Lipinski definition) is 3. The maximum atomic E-state index is 9.66. The number of ether oxygens (including phenoxy) is 1. The van der Waals surface area contributed by atoms with E-state index in [1.807, 2.05) is 12.1 Å². The average Bonchev–Trinajstić information content (AvgIpc) is 2.88. The summed E-state index contributed by atoms with van der Waals surface area (Å²) in [6.45, 7) is 4.94. The van der Waals surface area contributed by atoms with Crippen molar-refractivity contribution < 1.29 is 4.74 Å². The Morgan fingerprint density at radius 3 is 2.15 bits per heavy atom. The molecule has 0 amide bonds. The van der Waals surface area contributed by atoms with Crippen molar-refractivity contribution in [3.63, 3.8) is 0 Å². The summed E-state index contributed by atoms with van der Waals surface area (Å²) < 4.78 is 5.93. The summed E-state index contributed by atoms with van der Waals surface area (Å²) >= 11 is 0. The Bertz CT molecular complexity index is 859. The highest BCUT2D eigenvalue weighted by molar-refractivity contribution is 5.57. The number of hydrogen-bond donors (Lipinski definition) is 0. The second-order valence-electron chi connectivity index (χ2n) is 10.6. The van der Waals surface area contributed by atoms with Gasteiger partial charge in [0.25, 0.3) is 0 Å². The Morgan fingerprint density at radius 2 is 1.53 bits per heavy atom. The van der Waals surface area contributed by atoms with Gasteiger partial charge in [-0.1, -0.05) is 70.6 Å². The summed E-state index contributed by atoms with van der Waals surface area (Å²) in [5.74, 6) is 4.11. The maximum absolute atomic E-state index is 9.66. The Hall–Kier alpha value is -2.26. The molecule has 34 heavy (non-hydrogen) atoms. The summed E-state index contributed by atoms with van der Waals surface area (Å²) in [6, 6.07) is 8.29. The van der Waals surface area contributed by atoms with E-state index in [-0.39, 0.29) is 0 Å². The number of aryl methyl sites for hydroxylation is 1. The zero-order valence-corrected chi connectivity index (χ0v) is 21.5. The predicted octanol–water partition coefficient (Wildman–Crippen LogP) is 8.51.